The van der Waals surface area contributed by atoms with Gasteiger partial charge < -0.3 is 9.84 Å². The summed E-state index contributed by atoms with van der Waals surface area (Å²) in [5.74, 6) is 0. The highest BCUT2D eigenvalue weighted by Gasteiger charge is 2.20. The van der Waals surface area contributed by atoms with Crippen molar-refractivity contribution in [3.8, 4) is 6.01 Å². The molecule has 1 aliphatic rings. The molecule has 0 saturated carbocycles. The molecule has 1 N–H and O–H groups in total. The molecule has 0 fully saturated rings. The Labute approximate surface area is 80.7 Å². The molecular weight excluding hydrogens is 180 g/mol. The van der Waals surface area contributed by atoms with Gasteiger partial charge in [0.1, 0.15) is 12.7 Å². The zero-order valence-electron chi connectivity index (χ0n) is 7.55. The summed E-state index contributed by atoms with van der Waals surface area (Å²) in [4.78, 5) is 4.32. The van der Waals surface area contributed by atoms with Crippen LogP contribution >= 0.6 is 0 Å². The number of nitrogens with zero attached hydrogens (tertiary/aromatic N) is 2. The fourth-order valence-corrected chi connectivity index (χ4v) is 1.77. The lowest BCUT2D eigenvalue weighted by molar-refractivity contribution is 0.0596. The molecule has 0 saturated heterocycles. The van der Waals surface area contributed by atoms with Gasteiger partial charge in [-0.15, -0.1) is 0 Å². The maximum atomic E-state index is 9.46. The second kappa shape index (κ2) is 2.72. The molecule has 0 spiro atoms. The molecule has 1 unspecified atom stereocenters. The Morgan fingerprint density at radius 2 is 2.29 bits per heavy atom. The normalized spacial score (nSPS) is 20.5. The Balaban J connectivity index is 2.25. The highest BCUT2D eigenvalue weighted by Crippen LogP contribution is 2.24. The minimum atomic E-state index is -0.430. The number of ether oxygens (including phenoxy) is 1. The summed E-state index contributed by atoms with van der Waals surface area (Å²) in [5, 5.41) is 9.46. The van der Waals surface area contributed by atoms with E-state index in [-0.39, 0.29) is 0 Å². The van der Waals surface area contributed by atoms with Crippen LogP contribution in [0, 0.1) is 0 Å². The van der Waals surface area contributed by atoms with E-state index in [4.69, 9.17) is 4.74 Å². The molecule has 14 heavy (non-hydrogen) atoms. The molecule has 0 aliphatic carbocycles. The van der Waals surface area contributed by atoms with Crippen molar-refractivity contribution in [1.82, 2.24) is 9.55 Å². The third-order valence-corrected chi connectivity index (χ3v) is 2.42. The SMILES string of the molecule is OC1COc2nc3ccccc3n2C1. The predicted octanol–water partition coefficient (Wildman–Crippen LogP) is 0.790. The van der Waals surface area contributed by atoms with E-state index < -0.39 is 6.10 Å². The molecule has 1 aromatic carbocycles. The quantitative estimate of drug-likeness (QED) is 0.668. The van der Waals surface area contributed by atoms with Gasteiger partial charge in [-0.1, -0.05) is 12.1 Å². The zero-order valence-corrected chi connectivity index (χ0v) is 7.55. The maximum absolute atomic E-state index is 9.46. The van der Waals surface area contributed by atoms with Crippen LogP contribution in [0.25, 0.3) is 11.0 Å². The number of hydrogen-bond donors (Lipinski definition) is 1. The zero-order chi connectivity index (χ0) is 9.54. The number of aromatic nitrogens is 2. The number of aliphatic hydroxyl groups is 1. The standard InChI is InChI=1S/C10H10N2O2/c13-7-5-12-9-4-2-1-3-8(9)11-10(12)14-6-7/h1-4,7,13H,5-6H2. The van der Waals surface area contributed by atoms with Gasteiger partial charge in [-0.05, 0) is 12.1 Å². The van der Waals surface area contributed by atoms with Crippen molar-refractivity contribution < 1.29 is 9.84 Å². The first-order chi connectivity index (χ1) is 6.84. The number of imidazole rings is 1. The summed E-state index contributed by atoms with van der Waals surface area (Å²) in [6.07, 6.45) is -0.430. The molecule has 2 heterocycles. The number of hydrogen-bond acceptors (Lipinski definition) is 3. The molecule has 0 radical (unpaired) electrons. The van der Waals surface area contributed by atoms with Gasteiger partial charge in [0.05, 0.1) is 17.6 Å². The topological polar surface area (TPSA) is 47.3 Å². The smallest absolute Gasteiger partial charge is 0.297 e. The van der Waals surface area contributed by atoms with Gasteiger partial charge in [-0.3, -0.25) is 4.57 Å². The summed E-state index contributed by atoms with van der Waals surface area (Å²) < 4.78 is 7.23. The first kappa shape index (κ1) is 7.82. The number of fused-ring (bicyclic) bond motifs is 3. The van der Waals surface area contributed by atoms with Gasteiger partial charge >= 0.3 is 0 Å². The van der Waals surface area contributed by atoms with Crippen molar-refractivity contribution >= 4 is 11.0 Å². The van der Waals surface area contributed by atoms with Crippen LogP contribution in [0.15, 0.2) is 24.3 Å². The summed E-state index contributed by atoms with van der Waals surface area (Å²) in [6.45, 7) is 0.902. The van der Waals surface area contributed by atoms with Crippen LogP contribution in [-0.2, 0) is 6.54 Å². The van der Waals surface area contributed by atoms with E-state index in [1.54, 1.807) is 0 Å². The summed E-state index contributed by atoms with van der Waals surface area (Å²) in [5.41, 5.74) is 1.93. The van der Waals surface area contributed by atoms with Crippen molar-refractivity contribution in [1.29, 1.82) is 0 Å². The fourth-order valence-electron chi connectivity index (χ4n) is 1.77. The molecule has 0 amide bonds. The number of rotatable bonds is 0. The van der Waals surface area contributed by atoms with E-state index in [0.29, 0.717) is 19.2 Å². The van der Waals surface area contributed by atoms with Crippen molar-refractivity contribution in [2.24, 2.45) is 0 Å². The van der Waals surface area contributed by atoms with Gasteiger partial charge in [0.2, 0.25) is 0 Å². The average Bonchev–Trinajstić information content (AvgIpc) is 2.56. The van der Waals surface area contributed by atoms with Crippen LogP contribution in [0.2, 0.25) is 0 Å². The minimum absolute atomic E-state index is 0.337. The summed E-state index contributed by atoms with van der Waals surface area (Å²) >= 11 is 0. The Morgan fingerprint density at radius 1 is 1.43 bits per heavy atom. The fraction of sp³-hybridized carbons (Fsp3) is 0.300. The molecule has 2 aromatic rings. The molecule has 4 heteroatoms. The van der Waals surface area contributed by atoms with Crippen molar-refractivity contribution in [2.45, 2.75) is 12.6 Å². The Bertz CT molecular complexity index is 478. The molecule has 3 rings (SSSR count). The summed E-state index contributed by atoms with van der Waals surface area (Å²) in [6, 6.07) is 8.43. The summed E-state index contributed by atoms with van der Waals surface area (Å²) in [7, 11) is 0. The molecule has 1 atom stereocenters. The molecule has 4 nitrogen and oxygen atoms in total. The van der Waals surface area contributed by atoms with Gasteiger partial charge in [0, 0.05) is 0 Å². The van der Waals surface area contributed by atoms with E-state index >= 15 is 0 Å². The first-order valence-corrected chi connectivity index (χ1v) is 4.61. The van der Waals surface area contributed by atoms with Gasteiger partial charge in [-0.25, -0.2) is 0 Å². The van der Waals surface area contributed by atoms with Crippen LogP contribution < -0.4 is 4.74 Å². The minimum Gasteiger partial charge on any atom is -0.462 e. The second-order valence-electron chi connectivity index (χ2n) is 3.46. The Morgan fingerprint density at radius 3 is 3.21 bits per heavy atom. The lowest BCUT2D eigenvalue weighted by atomic mass is 10.3. The van der Waals surface area contributed by atoms with Gasteiger partial charge in [0.25, 0.3) is 6.01 Å². The maximum Gasteiger partial charge on any atom is 0.297 e. The molecule has 0 bridgehead atoms. The Hall–Kier alpha value is -1.55. The van der Waals surface area contributed by atoms with Crippen LogP contribution in [0.4, 0.5) is 0 Å². The van der Waals surface area contributed by atoms with Crippen molar-refractivity contribution in [2.75, 3.05) is 6.61 Å². The third kappa shape index (κ3) is 1.01. The molecular formula is C10H10N2O2. The van der Waals surface area contributed by atoms with Crippen LogP contribution in [-0.4, -0.2) is 27.4 Å². The van der Waals surface area contributed by atoms with E-state index in [1.807, 2.05) is 28.8 Å². The van der Waals surface area contributed by atoms with Crippen LogP contribution in [0.5, 0.6) is 6.01 Å². The largest absolute Gasteiger partial charge is 0.462 e. The number of benzene rings is 1. The van der Waals surface area contributed by atoms with Gasteiger partial charge in [-0.2, -0.15) is 4.98 Å². The lowest BCUT2D eigenvalue weighted by Gasteiger charge is -2.20. The highest BCUT2D eigenvalue weighted by molar-refractivity contribution is 5.76. The van der Waals surface area contributed by atoms with E-state index in [9.17, 15) is 5.11 Å². The Kier molecular flexibility index (Phi) is 1.52. The molecule has 72 valence electrons. The second-order valence-corrected chi connectivity index (χ2v) is 3.46. The van der Waals surface area contributed by atoms with Crippen molar-refractivity contribution in [3.05, 3.63) is 24.3 Å². The third-order valence-electron chi connectivity index (χ3n) is 2.42. The van der Waals surface area contributed by atoms with E-state index in [2.05, 4.69) is 4.98 Å². The highest BCUT2D eigenvalue weighted by atomic mass is 16.5. The van der Waals surface area contributed by atoms with Crippen LogP contribution in [0.3, 0.4) is 0 Å². The molecule has 1 aromatic heterocycles. The average molecular weight is 190 g/mol. The van der Waals surface area contributed by atoms with Gasteiger partial charge in [0.15, 0.2) is 0 Å². The lowest BCUT2D eigenvalue weighted by Crippen LogP contribution is -2.29. The van der Waals surface area contributed by atoms with Crippen LogP contribution in [0.1, 0.15) is 0 Å². The first-order valence-electron chi connectivity index (χ1n) is 4.61. The predicted molar refractivity (Wildman–Crippen MR) is 51.2 cm³/mol. The number of para-hydroxylation sites is 2. The number of aliphatic hydroxyl groups excluding tert-OH is 1. The molecule has 1 aliphatic heterocycles. The van der Waals surface area contributed by atoms with Crippen molar-refractivity contribution in [3.63, 3.8) is 0 Å². The van der Waals surface area contributed by atoms with E-state index in [0.717, 1.165) is 11.0 Å². The monoisotopic (exact) mass is 190 g/mol. The van der Waals surface area contributed by atoms with E-state index in [1.165, 1.54) is 0 Å².